The molecule has 0 saturated carbocycles. The molecule has 2 N–H and O–H groups in total. The predicted octanol–water partition coefficient (Wildman–Crippen LogP) is 3.35. The normalized spacial score (nSPS) is 10.8. The quantitative estimate of drug-likeness (QED) is 0.800. The molecule has 3 nitrogen and oxygen atoms in total. The fraction of sp³-hybridized carbons (Fsp3) is 0.118. The Bertz CT molecular complexity index is 743. The van der Waals surface area contributed by atoms with Gasteiger partial charge in [-0.15, -0.1) is 0 Å². The van der Waals surface area contributed by atoms with Crippen LogP contribution in [0.1, 0.15) is 5.56 Å². The maximum absolute atomic E-state index is 13.0. The van der Waals surface area contributed by atoms with Crippen LogP contribution in [0, 0.1) is 5.82 Å². The lowest BCUT2D eigenvalue weighted by Crippen LogP contribution is -1.95. The zero-order valence-corrected chi connectivity index (χ0v) is 11.8. The largest absolute Gasteiger partial charge is 0.326 e. The lowest BCUT2D eigenvalue weighted by atomic mass is 10.1. The first kappa shape index (κ1) is 13.5. The summed E-state index contributed by atoms with van der Waals surface area (Å²) >= 11 is 0. The van der Waals surface area contributed by atoms with E-state index in [0.29, 0.717) is 6.54 Å². The van der Waals surface area contributed by atoms with Crippen molar-refractivity contribution in [3.05, 3.63) is 66.0 Å². The summed E-state index contributed by atoms with van der Waals surface area (Å²) in [6.07, 6.45) is 0. The minimum Gasteiger partial charge on any atom is -0.326 e. The fourth-order valence-electron chi connectivity index (χ4n) is 2.31. The van der Waals surface area contributed by atoms with Gasteiger partial charge in [-0.1, -0.05) is 24.3 Å². The molecule has 0 radical (unpaired) electrons. The third-order valence-electron chi connectivity index (χ3n) is 3.51. The van der Waals surface area contributed by atoms with Gasteiger partial charge in [0.1, 0.15) is 5.82 Å². The molecule has 106 valence electrons. The first-order valence-electron chi connectivity index (χ1n) is 6.77. The van der Waals surface area contributed by atoms with E-state index in [9.17, 15) is 4.39 Å². The van der Waals surface area contributed by atoms with Crippen LogP contribution in [-0.2, 0) is 13.6 Å². The Balaban J connectivity index is 1.98. The second kappa shape index (κ2) is 5.50. The molecule has 21 heavy (non-hydrogen) atoms. The van der Waals surface area contributed by atoms with Crippen LogP contribution in [0.5, 0.6) is 0 Å². The first-order chi connectivity index (χ1) is 10.2. The summed E-state index contributed by atoms with van der Waals surface area (Å²) in [6.45, 7) is 0.531. The molecule has 3 rings (SSSR count). The third kappa shape index (κ3) is 2.71. The molecule has 1 heterocycles. The number of rotatable bonds is 3. The van der Waals surface area contributed by atoms with Crippen LogP contribution < -0.4 is 5.73 Å². The molecule has 0 atom stereocenters. The standard InChI is InChI=1S/C17H16FN3/c1-21-17(14-6-8-15(18)9-7-14)10-16(20-21)13-4-2-12(11-19)3-5-13/h2-10H,11,19H2,1H3. The van der Waals surface area contributed by atoms with E-state index in [2.05, 4.69) is 5.10 Å². The summed E-state index contributed by atoms with van der Waals surface area (Å²) in [6, 6.07) is 16.5. The van der Waals surface area contributed by atoms with Crippen molar-refractivity contribution in [2.24, 2.45) is 12.8 Å². The first-order valence-corrected chi connectivity index (χ1v) is 6.77. The predicted molar refractivity (Wildman–Crippen MR) is 81.9 cm³/mol. The van der Waals surface area contributed by atoms with Gasteiger partial charge in [0.2, 0.25) is 0 Å². The number of benzene rings is 2. The van der Waals surface area contributed by atoms with Gasteiger partial charge in [0, 0.05) is 19.2 Å². The van der Waals surface area contributed by atoms with Gasteiger partial charge < -0.3 is 5.73 Å². The van der Waals surface area contributed by atoms with Crippen LogP contribution >= 0.6 is 0 Å². The number of halogens is 1. The number of aromatic nitrogens is 2. The maximum atomic E-state index is 13.0. The molecule has 0 saturated heterocycles. The lowest BCUT2D eigenvalue weighted by Gasteiger charge is -2.00. The van der Waals surface area contributed by atoms with E-state index in [1.165, 1.54) is 12.1 Å². The Morgan fingerprint density at radius 3 is 2.24 bits per heavy atom. The van der Waals surface area contributed by atoms with Crippen molar-refractivity contribution >= 4 is 0 Å². The highest BCUT2D eigenvalue weighted by Crippen LogP contribution is 2.26. The van der Waals surface area contributed by atoms with Crippen LogP contribution in [-0.4, -0.2) is 9.78 Å². The zero-order chi connectivity index (χ0) is 14.8. The van der Waals surface area contributed by atoms with Crippen molar-refractivity contribution in [2.75, 3.05) is 0 Å². The van der Waals surface area contributed by atoms with Gasteiger partial charge >= 0.3 is 0 Å². The van der Waals surface area contributed by atoms with Gasteiger partial charge in [0.05, 0.1) is 11.4 Å². The molecule has 0 bridgehead atoms. The van der Waals surface area contributed by atoms with E-state index in [1.807, 2.05) is 37.4 Å². The second-order valence-corrected chi connectivity index (χ2v) is 4.95. The summed E-state index contributed by atoms with van der Waals surface area (Å²) in [5.74, 6) is -0.237. The number of hydrogen-bond acceptors (Lipinski definition) is 2. The topological polar surface area (TPSA) is 43.8 Å². The van der Waals surface area contributed by atoms with E-state index in [4.69, 9.17) is 5.73 Å². The van der Waals surface area contributed by atoms with Crippen LogP contribution in [0.3, 0.4) is 0 Å². The van der Waals surface area contributed by atoms with Crippen LogP contribution in [0.25, 0.3) is 22.5 Å². The second-order valence-electron chi connectivity index (χ2n) is 4.95. The Morgan fingerprint density at radius 1 is 1.00 bits per heavy atom. The smallest absolute Gasteiger partial charge is 0.123 e. The molecule has 2 aromatic carbocycles. The molecular formula is C17H16FN3. The van der Waals surface area contributed by atoms with Gasteiger partial charge in [-0.05, 0) is 41.5 Å². The van der Waals surface area contributed by atoms with E-state index < -0.39 is 0 Å². The molecule has 0 aliphatic carbocycles. The minimum absolute atomic E-state index is 0.237. The highest BCUT2D eigenvalue weighted by molar-refractivity contribution is 5.68. The highest BCUT2D eigenvalue weighted by atomic mass is 19.1. The van der Waals surface area contributed by atoms with Crippen molar-refractivity contribution in [2.45, 2.75) is 6.54 Å². The van der Waals surface area contributed by atoms with Gasteiger partial charge in [0.15, 0.2) is 0 Å². The molecule has 1 aromatic heterocycles. The third-order valence-corrected chi connectivity index (χ3v) is 3.51. The van der Waals surface area contributed by atoms with Gasteiger partial charge in [-0.2, -0.15) is 5.10 Å². The highest BCUT2D eigenvalue weighted by Gasteiger charge is 2.09. The van der Waals surface area contributed by atoms with Crippen molar-refractivity contribution in [1.82, 2.24) is 9.78 Å². The van der Waals surface area contributed by atoms with E-state index in [0.717, 1.165) is 28.1 Å². The van der Waals surface area contributed by atoms with E-state index in [-0.39, 0.29) is 5.82 Å². The minimum atomic E-state index is -0.237. The summed E-state index contributed by atoms with van der Waals surface area (Å²) in [4.78, 5) is 0. The molecule has 0 spiro atoms. The average Bonchev–Trinajstić information content (AvgIpc) is 2.90. The van der Waals surface area contributed by atoms with Gasteiger partial charge in [-0.25, -0.2) is 4.39 Å². The lowest BCUT2D eigenvalue weighted by molar-refractivity contribution is 0.628. The Labute approximate surface area is 122 Å². The molecule has 3 aromatic rings. The fourth-order valence-corrected chi connectivity index (χ4v) is 2.31. The number of nitrogens with two attached hydrogens (primary N) is 1. The summed E-state index contributed by atoms with van der Waals surface area (Å²) in [7, 11) is 1.89. The summed E-state index contributed by atoms with van der Waals surface area (Å²) < 4.78 is 14.8. The molecule has 0 fully saturated rings. The number of aryl methyl sites for hydroxylation is 1. The molecule has 0 unspecified atom stereocenters. The molecule has 4 heteroatoms. The number of hydrogen-bond donors (Lipinski definition) is 1. The summed E-state index contributed by atoms with van der Waals surface area (Å²) in [5.41, 5.74) is 10.5. The number of nitrogens with zero attached hydrogens (tertiary/aromatic N) is 2. The Morgan fingerprint density at radius 2 is 1.62 bits per heavy atom. The monoisotopic (exact) mass is 281 g/mol. The van der Waals surface area contributed by atoms with E-state index >= 15 is 0 Å². The average molecular weight is 281 g/mol. The van der Waals surface area contributed by atoms with Crippen molar-refractivity contribution in [1.29, 1.82) is 0 Å². The van der Waals surface area contributed by atoms with Crippen molar-refractivity contribution in [3.8, 4) is 22.5 Å². The van der Waals surface area contributed by atoms with Gasteiger partial charge in [0.25, 0.3) is 0 Å². The van der Waals surface area contributed by atoms with E-state index in [1.54, 1.807) is 16.8 Å². The molecular weight excluding hydrogens is 265 g/mol. The van der Waals surface area contributed by atoms with Crippen LogP contribution in [0.15, 0.2) is 54.6 Å². The molecule has 0 aliphatic rings. The summed E-state index contributed by atoms with van der Waals surface area (Å²) in [5, 5.41) is 4.53. The SMILES string of the molecule is Cn1nc(-c2ccc(CN)cc2)cc1-c1ccc(F)cc1. The molecule has 0 amide bonds. The van der Waals surface area contributed by atoms with Crippen molar-refractivity contribution < 1.29 is 4.39 Å². The Kier molecular flexibility index (Phi) is 3.54. The van der Waals surface area contributed by atoms with Crippen molar-refractivity contribution in [3.63, 3.8) is 0 Å². The zero-order valence-electron chi connectivity index (χ0n) is 11.8. The molecule has 0 aliphatic heterocycles. The Hall–Kier alpha value is -2.46. The van der Waals surface area contributed by atoms with Gasteiger partial charge in [-0.3, -0.25) is 4.68 Å². The van der Waals surface area contributed by atoms with Crippen LogP contribution in [0.2, 0.25) is 0 Å². The van der Waals surface area contributed by atoms with Crippen LogP contribution in [0.4, 0.5) is 4.39 Å². The maximum Gasteiger partial charge on any atom is 0.123 e.